The van der Waals surface area contributed by atoms with E-state index < -0.39 is 23.3 Å². The number of aryl methyl sites for hydroxylation is 1. The van der Waals surface area contributed by atoms with Crippen molar-refractivity contribution in [2.24, 2.45) is 5.92 Å². The maximum atomic E-state index is 12.9. The van der Waals surface area contributed by atoms with Crippen LogP contribution in [-0.4, -0.2) is 56.7 Å². The monoisotopic (exact) mass is 589 g/mol. The normalized spacial score (nSPS) is 17.2. The second-order valence-electron chi connectivity index (χ2n) is 10.0. The van der Waals surface area contributed by atoms with E-state index in [0.717, 1.165) is 37.7 Å². The third kappa shape index (κ3) is 10.9. The highest BCUT2D eigenvalue weighted by atomic mass is 19.1. The van der Waals surface area contributed by atoms with Crippen LogP contribution in [0.25, 0.3) is 0 Å². The summed E-state index contributed by atoms with van der Waals surface area (Å²) in [7, 11) is 0. The van der Waals surface area contributed by atoms with E-state index in [-0.39, 0.29) is 23.7 Å². The Labute approximate surface area is 251 Å². The third-order valence-corrected chi connectivity index (χ3v) is 6.84. The van der Waals surface area contributed by atoms with Crippen molar-refractivity contribution >= 4 is 11.9 Å². The van der Waals surface area contributed by atoms with Gasteiger partial charge in [0.25, 0.3) is 11.5 Å². The second kappa shape index (κ2) is 17.3. The number of hydrogen-bond donors (Lipinski definition) is 3. The van der Waals surface area contributed by atoms with Crippen LogP contribution in [0.1, 0.15) is 54.1 Å². The number of rotatable bonds is 12. The average Bonchev–Trinajstić information content (AvgIpc) is 3.36. The van der Waals surface area contributed by atoms with E-state index in [1.54, 1.807) is 24.3 Å². The molecule has 2 aromatic rings. The lowest BCUT2D eigenvalue weighted by Gasteiger charge is -2.16. The van der Waals surface area contributed by atoms with Crippen molar-refractivity contribution in [2.75, 3.05) is 19.6 Å². The first kappa shape index (κ1) is 34.5. The molecule has 0 aliphatic carbocycles. The summed E-state index contributed by atoms with van der Waals surface area (Å²) in [5.41, 5.74) is 2.27. The first-order chi connectivity index (χ1) is 20.5. The van der Waals surface area contributed by atoms with Crippen molar-refractivity contribution in [2.45, 2.75) is 39.7 Å². The number of aromatic nitrogens is 3. The lowest BCUT2D eigenvalue weighted by molar-refractivity contribution is -0.117. The Morgan fingerprint density at radius 2 is 2.00 bits per heavy atom. The van der Waals surface area contributed by atoms with Crippen molar-refractivity contribution in [1.82, 2.24) is 25.4 Å². The smallest absolute Gasteiger partial charge is 0.335 e. The Morgan fingerprint density at radius 3 is 2.58 bits per heavy atom. The molecule has 2 unspecified atom stereocenters. The fourth-order valence-corrected chi connectivity index (χ4v) is 4.47. The minimum Gasteiger partial charge on any atom is -0.478 e. The van der Waals surface area contributed by atoms with Gasteiger partial charge in [-0.2, -0.15) is 0 Å². The number of benzene rings is 1. The number of hydrogen-bond acceptors (Lipinski definition) is 6. The standard InChI is InChI=1S/C24H30FN5O2.C9H10O2/c1-6-9-10-18(7-2)14-30-13-16(4)20(15-30)22-27-24(32)21(28-29-22)12-26-23(31)19(8-3)11-17(5)25;1-2-7-4-3-5-8(6-7)9(10)11/h6-11,16,20H,1,3,5,12-15H2,2,4H3,(H,26,31)(H,27,29,32);3-6H,2H2,1H3,(H,10,11)/b10-9-,18-7+,19-11+;. The number of nitrogens with one attached hydrogen (secondary N) is 2. The molecule has 10 heteroatoms. The van der Waals surface area contributed by atoms with Gasteiger partial charge in [0.2, 0.25) is 0 Å². The van der Waals surface area contributed by atoms with Gasteiger partial charge in [-0.05, 0) is 48.6 Å². The number of amides is 1. The molecule has 0 spiro atoms. The number of aromatic amines is 1. The zero-order valence-electron chi connectivity index (χ0n) is 25.0. The number of carbonyl (C=O) groups excluding carboxylic acids is 1. The summed E-state index contributed by atoms with van der Waals surface area (Å²) < 4.78 is 12.9. The predicted octanol–water partition coefficient (Wildman–Crippen LogP) is 5.05. The van der Waals surface area contributed by atoms with Crippen LogP contribution in [0.4, 0.5) is 4.39 Å². The summed E-state index contributed by atoms with van der Waals surface area (Å²) in [6.07, 6.45) is 10.8. The van der Waals surface area contributed by atoms with Crippen LogP contribution in [0.15, 0.2) is 102 Å². The van der Waals surface area contributed by atoms with Gasteiger partial charge in [0.15, 0.2) is 0 Å². The second-order valence-corrected chi connectivity index (χ2v) is 10.0. The van der Waals surface area contributed by atoms with Gasteiger partial charge < -0.3 is 15.4 Å². The van der Waals surface area contributed by atoms with Crippen molar-refractivity contribution in [1.29, 1.82) is 0 Å². The fourth-order valence-electron chi connectivity index (χ4n) is 4.47. The zero-order valence-corrected chi connectivity index (χ0v) is 25.0. The summed E-state index contributed by atoms with van der Waals surface area (Å²) >= 11 is 0. The van der Waals surface area contributed by atoms with Gasteiger partial charge in [-0.3, -0.25) is 14.5 Å². The molecule has 1 aliphatic heterocycles. The SMILES string of the molecule is C=C/C=C\C(=C/C)CN1CC(C)C(c2nnc(CNC(=O)/C(C=C)=C/C(=C)F)c(=O)[nH]2)C1.CCc1cccc(C(=O)O)c1. The molecular weight excluding hydrogens is 549 g/mol. The van der Waals surface area contributed by atoms with E-state index in [2.05, 4.69) is 58.1 Å². The molecule has 0 bridgehead atoms. The fraction of sp³-hybridized carbons (Fsp3) is 0.303. The Morgan fingerprint density at radius 1 is 1.26 bits per heavy atom. The molecule has 43 heavy (non-hydrogen) atoms. The van der Waals surface area contributed by atoms with Crippen LogP contribution in [0.5, 0.6) is 0 Å². The number of carbonyl (C=O) groups is 2. The molecule has 1 aromatic heterocycles. The van der Waals surface area contributed by atoms with Crippen LogP contribution in [0.3, 0.4) is 0 Å². The molecule has 1 aromatic carbocycles. The van der Waals surface area contributed by atoms with Gasteiger partial charge in [0, 0.05) is 31.1 Å². The largest absolute Gasteiger partial charge is 0.478 e. The summed E-state index contributed by atoms with van der Waals surface area (Å²) in [4.78, 5) is 40.2. The molecule has 3 N–H and O–H groups in total. The molecule has 1 fully saturated rings. The zero-order chi connectivity index (χ0) is 31.9. The predicted molar refractivity (Wildman–Crippen MR) is 167 cm³/mol. The summed E-state index contributed by atoms with van der Waals surface area (Å²) in [5, 5.41) is 19.3. The molecular formula is C33H40FN5O4. The van der Waals surface area contributed by atoms with E-state index in [1.165, 1.54) is 11.6 Å². The van der Waals surface area contributed by atoms with Gasteiger partial charge >= 0.3 is 5.97 Å². The minimum absolute atomic E-state index is 0.00168. The molecule has 2 atom stereocenters. The topological polar surface area (TPSA) is 128 Å². The molecule has 1 saturated heterocycles. The summed E-state index contributed by atoms with van der Waals surface area (Å²) in [6.45, 7) is 18.7. The van der Waals surface area contributed by atoms with E-state index in [0.29, 0.717) is 17.3 Å². The molecule has 1 amide bonds. The van der Waals surface area contributed by atoms with Gasteiger partial charge in [-0.1, -0.05) is 76.1 Å². The number of allylic oxidation sites excluding steroid dienone is 5. The first-order valence-corrected chi connectivity index (χ1v) is 13.9. The summed E-state index contributed by atoms with van der Waals surface area (Å²) in [5.74, 6) is -1.35. The molecule has 3 rings (SSSR count). The van der Waals surface area contributed by atoms with E-state index in [9.17, 15) is 18.8 Å². The van der Waals surface area contributed by atoms with Crippen LogP contribution in [-0.2, 0) is 17.8 Å². The Balaban J connectivity index is 0.000000490. The maximum Gasteiger partial charge on any atom is 0.335 e. The van der Waals surface area contributed by atoms with E-state index in [1.807, 2.05) is 32.1 Å². The third-order valence-electron chi connectivity index (χ3n) is 6.84. The highest BCUT2D eigenvalue weighted by molar-refractivity contribution is 5.96. The van der Waals surface area contributed by atoms with E-state index in [4.69, 9.17) is 5.11 Å². The molecule has 228 valence electrons. The number of carboxylic acids is 1. The van der Waals surface area contributed by atoms with Gasteiger partial charge in [0.05, 0.1) is 12.1 Å². The number of H-pyrrole nitrogens is 1. The van der Waals surface area contributed by atoms with Crippen molar-refractivity contribution in [3.63, 3.8) is 0 Å². The Kier molecular flexibility index (Phi) is 13.9. The molecule has 0 saturated carbocycles. The lowest BCUT2D eigenvalue weighted by Crippen LogP contribution is -2.30. The summed E-state index contributed by atoms with van der Waals surface area (Å²) in [6, 6.07) is 6.98. The number of carboxylic acid groups (broad SMARTS) is 1. The van der Waals surface area contributed by atoms with Gasteiger partial charge in [-0.15, -0.1) is 10.2 Å². The van der Waals surface area contributed by atoms with Gasteiger partial charge in [0.1, 0.15) is 17.3 Å². The molecule has 9 nitrogen and oxygen atoms in total. The van der Waals surface area contributed by atoms with Gasteiger partial charge in [-0.25, -0.2) is 9.18 Å². The molecule has 2 heterocycles. The first-order valence-electron chi connectivity index (χ1n) is 13.9. The van der Waals surface area contributed by atoms with Crippen molar-refractivity contribution in [3.05, 3.63) is 130 Å². The van der Waals surface area contributed by atoms with Crippen molar-refractivity contribution in [3.8, 4) is 0 Å². The minimum atomic E-state index is -0.861. The van der Waals surface area contributed by atoms with Crippen LogP contribution >= 0.6 is 0 Å². The molecule has 0 radical (unpaired) electrons. The van der Waals surface area contributed by atoms with Crippen LogP contribution < -0.4 is 10.9 Å². The van der Waals surface area contributed by atoms with E-state index >= 15 is 0 Å². The highest BCUT2D eigenvalue weighted by Gasteiger charge is 2.33. The van der Waals surface area contributed by atoms with Crippen molar-refractivity contribution < 1.29 is 19.1 Å². The van der Waals surface area contributed by atoms with Crippen LogP contribution in [0, 0.1) is 5.92 Å². The number of nitrogens with zero attached hydrogens (tertiary/aromatic N) is 3. The number of halogens is 1. The molecule has 1 aliphatic rings. The number of aromatic carboxylic acids is 1. The Hall–Kier alpha value is -4.70. The lowest BCUT2D eigenvalue weighted by atomic mass is 9.97. The highest BCUT2D eigenvalue weighted by Crippen LogP contribution is 2.30. The quantitative estimate of drug-likeness (QED) is 0.234. The number of likely N-dealkylation sites (tertiary alicyclic amines) is 1. The van der Waals surface area contributed by atoms with Crippen LogP contribution in [0.2, 0.25) is 0 Å². The Bertz CT molecular complexity index is 1470. The average molecular weight is 590 g/mol. The maximum absolute atomic E-state index is 12.9.